The van der Waals surface area contributed by atoms with Crippen LogP contribution in [0.2, 0.25) is 0 Å². The monoisotopic (exact) mass is 278 g/mol. The average Bonchev–Trinajstić information content (AvgIpc) is 2.33. The number of urea groups is 1. The van der Waals surface area contributed by atoms with Gasteiger partial charge in [-0.1, -0.05) is 0 Å². The maximum absolute atomic E-state index is 11.8. The molecule has 0 radical (unpaired) electrons. The van der Waals surface area contributed by atoms with Gasteiger partial charge in [0.2, 0.25) is 0 Å². The molecule has 2 amide bonds. The van der Waals surface area contributed by atoms with Crippen LogP contribution in [-0.4, -0.2) is 66.9 Å². The summed E-state index contributed by atoms with van der Waals surface area (Å²) in [5.41, 5.74) is 0. The Hall–Kier alpha value is -0.950. The van der Waals surface area contributed by atoms with Crippen molar-refractivity contribution in [3.63, 3.8) is 0 Å². The molecule has 0 saturated heterocycles. The summed E-state index contributed by atoms with van der Waals surface area (Å²) in [6.45, 7) is 2.21. The Morgan fingerprint density at radius 1 is 1.50 bits per heavy atom. The molecule has 106 valence electrons. The van der Waals surface area contributed by atoms with Crippen LogP contribution in [0.3, 0.4) is 0 Å². The minimum atomic E-state index is -1.05. The normalized spacial score (nSPS) is 13.8. The third kappa shape index (κ3) is 6.11. The van der Waals surface area contributed by atoms with Crippen LogP contribution >= 0.6 is 11.8 Å². The van der Waals surface area contributed by atoms with E-state index in [1.807, 2.05) is 13.2 Å². The van der Waals surface area contributed by atoms with Crippen LogP contribution in [-0.2, 0) is 9.53 Å². The molecular weight excluding hydrogens is 256 g/mol. The van der Waals surface area contributed by atoms with Crippen LogP contribution in [0.1, 0.15) is 13.3 Å². The Balaban J connectivity index is 4.35. The Morgan fingerprint density at radius 3 is 2.56 bits per heavy atom. The third-order valence-electron chi connectivity index (χ3n) is 2.60. The van der Waals surface area contributed by atoms with Gasteiger partial charge < -0.3 is 20.1 Å². The highest BCUT2D eigenvalue weighted by atomic mass is 32.2. The first-order valence-electron chi connectivity index (χ1n) is 5.68. The number of methoxy groups -OCH3 is 1. The van der Waals surface area contributed by atoms with Gasteiger partial charge in [0.1, 0.15) is 6.04 Å². The molecule has 2 N–H and O–H groups in total. The van der Waals surface area contributed by atoms with E-state index in [-0.39, 0.29) is 18.5 Å². The second-order valence-corrected chi connectivity index (χ2v) is 4.95. The molecule has 0 aliphatic rings. The van der Waals surface area contributed by atoms with Crippen molar-refractivity contribution in [1.82, 2.24) is 10.2 Å². The molecule has 0 aliphatic carbocycles. The van der Waals surface area contributed by atoms with Crippen molar-refractivity contribution in [3.05, 3.63) is 0 Å². The number of hydrogen-bond acceptors (Lipinski definition) is 4. The zero-order valence-corrected chi connectivity index (χ0v) is 12.1. The van der Waals surface area contributed by atoms with Gasteiger partial charge in [0.25, 0.3) is 0 Å². The van der Waals surface area contributed by atoms with E-state index in [4.69, 9.17) is 9.84 Å². The Labute approximate surface area is 112 Å². The molecule has 18 heavy (non-hydrogen) atoms. The molecule has 2 atom stereocenters. The fourth-order valence-electron chi connectivity index (χ4n) is 1.30. The van der Waals surface area contributed by atoms with Crippen molar-refractivity contribution in [2.24, 2.45) is 0 Å². The van der Waals surface area contributed by atoms with E-state index in [1.54, 1.807) is 18.8 Å². The lowest BCUT2D eigenvalue weighted by Gasteiger charge is -2.26. The number of carbonyl (C=O) groups is 2. The summed E-state index contributed by atoms with van der Waals surface area (Å²) >= 11 is 1.64. The van der Waals surface area contributed by atoms with Crippen molar-refractivity contribution in [1.29, 1.82) is 0 Å². The van der Waals surface area contributed by atoms with Gasteiger partial charge in [0.05, 0.1) is 0 Å². The maximum Gasteiger partial charge on any atom is 0.326 e. The molecule has 0 rings (SSSR count). The van der Waals surface area contributed by atoms with E-state index in [0.29, 0.717) is 6.61 Å². The van der Waals surface area contributed by atoms with E-state index in [0.717, 1.165) is 5.75 Å². The van der Waals surface area contributed by atoms with E-state index in [1.165, 1.54) is 12.0 Å². The minimum absolute atomic E-state index is 0.0527. The van der Waals surface area contributed by atoms with Crippen LogP contribution in [0.15, 0.2) is 0 Å². The molecule has 0 aromatic carbocycles. The van der Waals surface area contributed by atoms with Crippen LogP contribution in [0.4, 0.5) is 4.79 Å². The summed E-state index contributed by atoms with van der Waals surface area (Å²) in [6.07, 6.45) is 2.21. The summed E-state index contributed by atoms with van der Waals surface area (Å²) in [7, 11) is 3.15. The first-order valence-corrected chi connectivity index (χ1v) is 7.07. The number of carboxylic acids is 1. The van der Waals surface area contributed by atoms with Crippen molar-refractivity contribution in [3.8, 4) is 0 Å². The topological polar surface area (TPSA) is 78.9 Å². The lowest BCUT2D eigenvalue weighted by Crippen LogP contribution is -2.50. The van der Waals surface area contributed by atoms with Gasteiger partial charge in [-0.15, -0.1) is 0 Å². The SMILES string of the molecule is COCCC(NC(=O)N(C)C(C)CSC)C(=O)O. The van der Waals surface area contributed by atoms with Crippen LogP contribution in [0, 0.1) is 0 Å². The first kappa shape index (κ1) is 17.1. The number of carbonyl (C=O) groups excluding carboxylic acids is 1. The van der Waals surface area contributed by atoms with Gasteiger partial charge in [-0.2, -0.15) is 11.8 Å². The molecule has 0 aromatic heterocycles. The van der Waals surface area contributed by atoms with E-state index >= 15 is 0 Å². The number of thioether (sulfide) groups is 1. The van der Waals surface area contributed by atoms with Crippen molar-refractivity contribution < 1.29 is 19.4 Å². The van der Waals surface area contributed by atoms with Crippen molar-refractivity contribution in [2.45, 2.75) is 25.4 Å². The fourth-order valence-corrected chi connectivity index (χ4v) is 2.00. The number of nitrogens with one attached hydrogen (secondary N) is 1. The molecule has 0 saturated carbocycles. The molecule has 7 heteroatoms. The summed E-state index contributed by atoms with van der Waals surface area (Å²) in [5.74, 6) is -0.244. The molecule has 0 spiro atoms. The number of nitrogens with zero attached hydrogens (tertiary/aromatic N) is 1. The fraction of sp³-hybridized carbons (Fsp3) is 0.818. The Bertz CT molecular complexity index is 276. The quantitative estimate of drug-likeness (QED) is 0.689. The van der Waals surface area contributed by atoms with Gasteiger partial charge in [-0.05, 0) is 13.2 Å². The Kier molecular flexibility index (Phi) is 8.57. The lowest BCUT2D eigenvalue weighted by atomic mass is 10.2. The predicted octanol–water partition coefficient (Wildman–Crippen LogP) is 0.869. The summed E-state index contributed by atoms with van der Waals surface area (Å²) < 4.78 is 4.82. The second-order valence-electron chi connectivity index (χ2n) is 4.04. The molecular formula is C11H22N2O4S. The van der Waals surface area contributed by atoms with Crippen LogP contribution in [0.5, 0.6) is 0 Å². The summed E-state index contributed by atoms with van der Waals surface area (Å²) in [4.78, 5) is 24.3. The van der Waals surface area contributed by atoms with Gasteiger partial charge >= 0.3 is 12.0 Å². The van der Waals surface area contributed by atoms with E-state index < -0.39 is 12.0 Å². The smallest absolute Gasteiger partial charge is 0.326 e. The predicted molar refractivity (Wildman–Crippen MR) is 72.1 cm³/mol. The maximum atomic E-state index is 11.8. The second kappa shape index (κ2) is 9.04. The highest BCUT2D eigenvalue weighted by molar-refractivity contribution is 7.98. The number of aliphatic carboxylic acids is 1. The molecule has 0 bridgehead atoms. The number of rotatable bonds is 8. The number of amides is 2. The van der Waals surface area contributed by atoms with Crippen molar-refractivity contribution >= 4 is 23.8 Å². The number of ether oxygens (including phenoxy) is 1. The molecule has 0 fully saturated rings. The molecule has 2 unspecified atom stereocenters. The van der Waals surface area contributed by atoms with Crippen LogP contribution < -0.4 is 5.32 Å². The summed E-state index contributed by atoms with van der Waals surface area (Å²) in [6, 6.07) is -1.24. The van der Waals surface area contributed by atoms with Gasteiger partial charge in [0.15, 0.2) is 0 Å². The zero-order valence-electron chi connectivity index (χ0n) is 11.3. The molecule has 0 aliphatic heterocycles. The van der Waals surface area contributed by atoms with Gasteiger partial charge in [0, 0.05) is 39.0 Å². The minimum Gasteiger partial charge on any atom is -0.480 e. The van der Waals surface area contributed by atoms with Gasteiger partial charge in [-0.25, -0.2) is 9.59 Å². The standard InChI is InChI=1S/C11H22N2O4S/c1-8(7-18-4)13(2)11(16)12-9(10(14)15)5-6-17-3/h8-9H,5-7H2,1-4H3,(H,12,16)(H,14,15). The lowest BCUT2D eigenvalue weighted by molar-refractivity contribution is -0.139. The van der Waals surface area contributed by atoms with E-state index in [9.17, 15) is 9.59 Å². The number of carboxylic acid groups (broad SMARTS) is 1. The Morgan fingerprint density at radius 2 is 2.11 bits per heavy atom. The number of hydrogen-bond donors (Lipinski definition) is 2. The highest BCUT2D eigenvalue weighted by Gasteiger charge is 2.23. The average molecular weight is 278 g/mol. The summed E-state index contributed by atoms with van der Waals surface area (Å²) in [5, 5.41) is 11.5. The van der Waals surface area contributed by atoms with Gasteiger partial charge in [-0.3, -0.25) is 0 Å². The third-order valence-corrected chi connectivity index (χ3v) is 3.41. The van der Waals surface area contributed by atoms with Crippen LogP contribution in [0.25, 0.3) is 0 Å². The van der Waals surface area contributed by atoms with E-state index in [2.05, 4.69) is 5.32 Å². The first-order chi connectivity index (χ1) is 8.43. The molecule has 0 aromatic rings. The van der Waals surface area contributed by atoms with Crippen molar-refractivity contribution in [2.75, 3.05) is 32.8 Å². The molecule has 6 nitrogen and oxygen atoms in total. The largest absolute Gasteiger partial charge is 0.480 e. The highest BCUT2D eigenvalue weighted by Crippen LogP contribution is 2.04. The molecule has 0 heterocycles. The zero-order chi connectivity index (χ0) is 14.1.